The maximum absolute atomic E-state index is 5.85. The molecule has 0 spiro atoms. The number of halogens is 1. The molecule has 2 aromatic carbocycles. The summed E-state index contributed by atoms with van der Waals surface area (Å²) in [7, 11) is 0. The van der Waals surface area contributed by atoms with Crippen molar-refractivity contribution >= 4 is 15.9 Å². The molecule has 0 bridgehead atoms. The Morgan fingerprint density at radius 3 is 2.33 bits per heavy atom. The summed E-state index contributed by atoms with van der Waals surface area (Å²) in [5.41, 5.74) is 1.07. The second kappa shape index (κ2) is 8.57. The lowest BCUT2D eigenvalue weighted by Crippen LogP contribution is -2.10. The van der Waals surface area contributed by atoms with Crippen LogP contribution in [-0.4, -0.2) is 19.8 Å². The van der Waals surface area contributed by atoms with Crippen LogP contribution in [0, 0.1) is 0 Å². The largest absolute Gasteiger partial charge is 0.490 e. The molecule has 0 aliphatic rings. The van der Waals surface area contributed by atoms with Crippen LogP contribution in [0.4, 0.5) is 0 Å². The number of rotatable bonds is 8. The maximum atomic E-state index is 5.85. The van der Waals surface area contributed by atoms with E-state index in [1.54, 1.807) is 0 Å². The Bertz CT molecular complexity index is 543. The topological polar surface area (TPSA) is 27.7 Å². The van der Waals surface area contributed by atoms with Gasteiger partial charge in [0, 0.05) is 10.9 Å². The summed E-state index contributed by atoms with van der Waals surface area (Å²) in [6, 6.07) is 15.6. The molecule has 0 radical (unpaired) electrons. The number of alkyl halides is 1. The molecule has 0 aliphatic heterocycles. The van der Waals surface area contributed by atoms with E-state index >= 15 is 0 Å². The van der Waals surface area contributed by atoms with Crippen molar-refractivity contribution in [2.75, 3.05) is 19.8 Å². The van der Waals surface area contributed by atoms with E-state index in [-0.39, 0.29) is 0 Å². The first-order valence-electron chi connectivity index (χ1n) is 6.96. The molecule has 0 N–H and O–H groups in total. The summed E-state index contributed by atoms with van der Waals surface area (Å²) in [4.78, 5) is 0. The van der Waals surface area contributed by atoms with Gasteiger partial charge in [-0.15, -0.1) is 0 Å². The van der Waals surface area contributed by atoms with Gasteiger partial charge in [-0.2, -0.15) is 0 Å². The quantitative estimate of drug-likeness (QED) is 0.520. The highest BCUT2D eigenvalue weighted by Gasteiger charge is 2.10. The van der Waals surface area contributed by atoms with Gasteiger partial charge in [0.2, 0.25) is 0 Å². The van der Waals surface area contributed by atoms with Crippen molar-refractivity contribution in [1.29, 1.82) is 0 Å². The minimum Gasteiger partial charge on any atom is -0.490 e. The van der Waals surface area contributed by atoms with Crippen LogP contribution in [-0.2, 0) is 5.33 Å². The normalized spacial score (nSPS) is 10.2. The van der Waals surface area contributed by atoms with Crippen molar-refractivity contribution in [3.63, 3.8) is 0 Å². The van der Waals surface area contributed by atoms with Gasteiger partial charge >= 0.3 is 0 Å². The third-order valence-electron chi connectivity index (χ3n) is 2.85. The molecule has 112 valence electrons. The molecule has 3 nitrogen and oxygen atoms in total. The average molecular weight is 351 g/mol. The Morgan fingerprint density at radius 2 is 1.62 bits per heavy atom. The predicted octanol–water partition coefficient (Wildman–Crippen LogP) is 4.44. The highest BCUT2D eigenvalue weighted by molar-refractivity contribution is 9.08. The zero-order chi connectivity index (χ0) is 14.9. The fourth-order valence-corrected chi connectivity index (χ4v) is 2.36. The molecule has 2 aromatic rings. The van der Waals surface area contributed by atoms with Gasteiger partial charge in [-0.05, 0) is 25.1 Å². The second-order valence-corrected chi connectivity index (χ2v) is 4.88. The molecule has 0 aliphatic carbocycles. The van der Waals surface area contributed by atoms with Crippen LogP contribution >= 0.6 is 15.9 Å². The van der Waals surface area contributed by atoms with Crippen LogP contribution in [0.25, 0.3) is 0 Å². The molecule has 0 amide bonds. The second-order valence-electron chi connectivity index (χ2n) is 4.32. The van der Waals surface area contributed by atoms with Crippen LogP contribution in [0.3, 0.4) is 0 Å². The zero-order valence-corrected chi connectivity index (χ0v) is 13.6. The number of para-hydroxylation sites is 2. The van der Waals surface area contributed by atoms with Gasteiger partial charge in [-0.1, -0.05) is 46.3 Å². The van der Waals surface area contributed by atoms with Gasteiger partial charge < -0.3 is 14.2 Å². The fraction of sp³-hybridized carbons (Fsp3) is 0.294. The predicted molar refractivity (Wildman–Crippen MR) is 87.7 cm³/mol. The molecule has 0 unspecified atom stereocenters. The summed E-state index contributed by atoms with van der Waals surface area (Å²) in [5, 5.41) is 0.725. The summed E-state index contributed by atoms with van der Waals surface area (Å²) >= 11 is 3.47. The van der Waals surface area contributed by atoms with Gasteiger partial charge in [0.25, 0.3) is 0 Å². The summed E-state index contributed by atoms with van der Waals surface area (Å²) in [6.07, 6.45) is 0. The highest BCUT2D eigenvalue weighted by Crippen LogP contribution is 2.32. The molecule has 0 saturated carbocycles. The van der Waals surface area contributed by atoms with Crippen LogP contribution in [0.1, 0.15) is 12.5 Å². The van der Waals surface area contributed by atoms with Crippen molar-refractivity contribution in [2.24, 2.45) is 0 Å². The van der Waals surface area contributed by atoms with E-state index in [9.17, 15) is 0 Å². The molecule has 0 fully saturated rings. The van der Waals surface area contributed by atoms with Crippen LogP contribution in [0.5, 0.6) is 17.2 Å². The van der Waals surface area contributed by atoms with Crippen molar-refractivity contribution in [1.82, 2.24) is 0 Å². The van der Waals surface area contributed by atoms with Crippen molar-refractivity contribution in [3.8, 4) is 17.2 Å². The van der Waals surface area contributed by atoms with Crippen molar-refractivity contribution in [3.05, 3.63) is 54.1 Å². The van der Waals surface area contributed by atoms with Gasteiger partial charge in [-0.3, -0.25) is 0 Å². The van der Waals surface area contributed by atoms with E-state index in [0.29, 0.717) is 19.8 Å². The molecule has 0 heterocycles. The molecule has 0 atom stereocenters. The van der Waals surface area contributed by atoms with E-state index in [1.807, 2.05) is 55.5 Å². The maximum Gasteiger partial charge on any atom is 0.165 e. The fourth-order valence-electron chi connectivity index (χ4n) is 1.92. The summed E-state index contributed by atoms with van der Waals surface area (Å²) in [5.74, 6) is 2.40. The van der Waals surface area contributed by atoms with Crippen LogP contribution in [0.2, 0.25) is 0 Å². The SMILES string of the molecule is CCOc1cccc(CBr)c1OCCOc1ccccc1. The van der Waals surface area contributed by atoms with E-state index in [1.165, 1.54) is 0 Å². The Kier molecular flexibility index (Phi) is 6.41. The van der Waals surface area contributed by atoms with E-state index < -0.39 is 0 Å². The van der Waals surface area contributed by atoms with E-state index in [0.717, 1.165) is 28.1 Å². The molecule has 4 heteroatoms. The van der Waals surface area contributed by atoms with E-state index in [2.05, 4.69) is 15.9 Å². The minimum absolute atomic E-state index is 0.471. The lowest BCUT2D eigenvalue weighted by atomic mass is 10.2. The van der Waals surface area contributed by atoms with Gasteiger partial charge in [0.1, 0.15) is 19.0 Å². The first-order chi connectivity index (χ1) is 10.3. The van der Waals surface area contributed by atoms with Crippen molar-refractivity contribution in [2.45, 2.75) is 12.3 Å². The number of benzene rings is 2. The standard InChI is InChI=1S/C17H19BrO3/c1-2-19-16-10-6-7-14(13-18)17(16)21-12-11-20-15-8-4-3-5-9-15/h3-10H,2,11-13H2,1H3. The first-order valence-corrected chi connectivity index (χ1v) is 8.08. The zero-order valence-electron chi connectivity index (χ0n) is 12.0. The monoisotopic (exact) mass is 350 g/mol. The molecule has 21 heavy (non-hydrogen) atoms. The first kappa shape index (κ1) is 15.7. The lowest BCUT2D eigenvalue weighted by molar-refractivity contribution is 0.207. The van der Waals surface area contributed by atoms with Gasteiger partial charge in [0.15, 0.2) is 11.5 Å². The Balaban J connectivity index is 1.92. The summed E-state index contributed by atoms with van der Waals surface area (Å²) < 4.78 is 17.1. The number of hydrogen-bond acceptors (Lipinski definition) is 3. The Labute approximate surface area is 134 Å². The average Bonchev–Trinajstić information content (AvgIpc) is 2.53. The molecule has 2 rings (SSSR count). The molecule has 0 saturated heterocycles. The smallest absolute Gasteiger partial charge is 0.165 e. The van der Waals surface area contributed by atoms with Gasteiger partial charge in [-0.25, -0.2) is 0 Å². The van der Waals surface area contributed by atoms with Crippen LogP contribution < -0.4 is 14.2 Å². The summed E-state index contributed by atoms with van der Waals surface area (Å²) in [6.45, 7) is 3.54. The Hall–Kier alpha value is -1.68. The van der Waals surface area contributed by atoms with E-state index in [4.69, 9.17) is 14.2 Å². The molecular weight excluding hydrogens is 332 g/mol. The lowest BCUT2D eigenvalue weighted by Gasteiger charge is -2.15. The highest BCUT2D eigenvalue weighted by atomic mass is 79.9. The third-order valence-corrected chi connectivity index (χ3v) is 3.45. The number of ether oxygens (including phenoxy) is 3. The minimum atomic E-state index is 0.471. The Morgan fingerprint density at radius 1 is 0.857 bits per heavy atom. The van der Waals surface area contributed by atoms with Crippen LogP contribution in [0.15, 0.2) is 48.5 Å². The molecular formula is C17H19BrO3. The third kappa shape index (κ3) is 4.67. The molecule has 0 aromatic heterocycles. The van der Waals surface area contributed by atoms with Gasteiger partial charge in [0.05, 0.1) is 6.61 Å². The number of hydrogen-bond donors (Lipinski definition) is 0. The van der Waals surface area contributed by atoms with Crippen molar-refractivity contribution < 1.29 is 14.2 Å².